The lowest BCUT2D eigenvalue weighted by Gasteiger charge is -2.34. The molecule has 100 valence electrons. The van der Waals surface area contributed by atoms with Crippen LogP contribution in [0, 0.1) is 5.92 Å². The molecule has 3 heteroatoms. The minimum atomic E-state index is -0.0444. The summed E-state index contributed by atoms with van der Waals surface area (Å²) in [6, 6.07) is 0.495. The van der Waals surface area contributed by atoms with Gasteiger partial charge in [-0.05, 0) is 32.6 Å². The van der Waals surface area contributed by atoms with E-state index >= 15 is 0 Å². The Morgan fingerprint density at radius 2 is 2.00 bits per heavy atom. The molecule has 0 heterocycles. The van der Waals surface area contributed by atoms with Crippen molar-refractivity contribution in [2.45, 2.75) is 65.0 Å². The second-order valence-corrected chi connectivity index (χ2v) is 5.30. The minimum absolute atomic E-state index is 0.0444. The third-order valence-corrected chi connectivity index (χ3v) is 4.12. The van der Waals surface area contributed by atoms with Crippen LogP contribution >= 0.6 is 0 Å². The maximum Gasteiger partial charge on any atom is 0.239 e. The lowest BCUT2D eigenvalue weighted by atomic mass is 9.82. The van der Waals surface area contributed by atoms with Crippen LogP contribution in [0.25, 0.3) is 0 Å². The van der Waals surface area contributed by atoms with Crippen LogP contribution in [0.15, 0.2) is 0 Å². The molecule has 0 spiro atoms. The van der Waals surface area contributed by atoms with Crippen molar-refractivity contribution in [2.24, 2.45) is 5.92 Å². The van der Waals surface area contributed by atoms with Crippen molar-refractivity contribution in [1.29, 1.82) is 0 Å². The van der Waals surface area contributed by atoms with Gasteiger partial charge in [0.25, 0.3) is 0 Å². The van der Waals surface area contributed by atoms with Gasteiger partial charge in [0, 0.05) is 19.6 Å². The second kappa shape index (κ2) is 7.00. The molecule has 0 aliphatic heterocycles. The average Bonchev–Trinajstić information content (AvgIpc) is 2.37. The van der Waals surface area contributed by atoms with Gasteiger partial charge in [0.2, 0.25) is 5.91 Å². The van der Waals surface area contributed by atoms with Gasteiger partial charge < -0.3 is 10.2 Å². The molecule has 0 aromatic carbocycles. The third-order valence-electron chi connectivity index (χ3n) is 4.12. The van der Waals surface area contributed by atoms with Crippen LogP contribution in [0.4, 0.5) is 0 Å². The van der Waals surface area contributed by atoms with Gasteiger partial charge in [-0.25, -0.2) is 0 Å². The minimum Gasteiger partial charge on any atom is -0.345 e. The van der Waals surface area contributed by atoms with E-state index in [2.05, 4.69) is 12.2 Å². The maximum absolute atomic E-state index is 12.0. The van der Waals surface area contributed by atoms with Gasteiger partial charge in [0.1, 0.15) is 0 Å². The van der Waals surface area contributed by atoms with Gasteiger partial charge in [-0.2, -0.15) is 0 Å². The summed E-state index contributed by atoms with van der Waals surface area (Å²) in [5.41, 5.74) is 0. The van der Waals surface area contributed by atoms with Crippen LogP contribution in [0.3, 0.4) is 0 Å². The molecule has 1 fully saturated rings. The largest absolute Gasteiger partial charge is 0.345 e. The lowest BCUT2D eigenvalue weighted by Crippen LogP contribution is -2.50. The Kier molecular flexibility index (Phi) is 5.96. The lowest BCUT2D eigenvalue weighted by molar-refractivity contribution is -0.131. The fourth-order valence-electron chi connectivity index (χ4n) is 2.79. The fraction of sp³-hybridized carbons (Fsp3) is 0.929. The second-order valence-electron chi connectivity index (χ2n) is 5.30. The van der Waals surface area contributed by atoms with Gasteiger partial charge >= 0.3 is 0 Å². The first kappa shape index (κ1) is 14.5. The highest BCUT2D eigenvalue weighted by Crippen LogP contribution is 2.27. The van der Waals surface area contributed by atoms with Crippen molar-refractivity contribution in [3.63, 3.8) is 0 Å². The molecule has 3 unspecified atom stereocenters. The summed E-state index contributed by atoms with van der Waals surface area (Å²) < 4.78 is 0. The monoisotopic (exact) mass is 240 g/mol. The average molecular weight is 240 g/mol. The molecule has 0 aromatic heterocycles. The Morgan fingerprint density at radius 1 is 1.35 bits per heavy atom. The quantitative estimate of drug-likeness (QED) is 0.800. The summed E-state index contributed by atoms with van der Waals surface area (Å²) in [7, 11) is 1.87. The van der Waals surface area contributed by atoms with Crippen LogP contribution < -0.4 is 5.32 Å². The molecule has 1 saturated carbocycles. The number of carbonyl (C=O) groups is 1. The Hall–Kier alpha value is -0.570. The summed E-state index contributed by atoms with van der Waals surface area (Å²) >= 11 is 0. The standard InChI is InChI=1S/C14H28N2O/c1-5-12-9-7-8-10-13(12)15-11(3)14(17)16(4)6-2/h11-13,15H,5-10H2,1-4H3. The van der Waals surface area contributed by atoms with Crippen molar-refractivity contribution < 1.29 is 4.79 Å². The maximum atomic E-state index is 12.0. The van der Waals surface area contributed by atoms with Crippen LogP contribution in [-0.4, -0.2) is 36.5 Å². The van der Waals surface area contributed by atoms with Crippen LogP contribution in [0.5, 0.6) is 0 Å². The van der Waals surface area contributed by atoms with Crippen molar-refractivity contribution >= 4 is 5.91 Å². The van der Waals surface area contributed by atoms with Gasteiger partial charge in [0.15, 0.2) is 0 Å². The van der Waals surface area contributed by atoms with Crippen molar-refractivity contribution in [3.8, 4) is 0 Å². The van der Waals surface area contributed by atoms with E-state index < -0.39 is 0 Å². The molecule has 0 saturated heterocycles. The highest BCUT2D eigenvalue weighted by Gasteiger charge is 2.27. The van der Waals surface area contributed by atoms with Crippen LogP contribution in [0.1, 0.15) is 52.9 Å². The van der Waals surface area contributed by atoms with Gasteiger partial charge in [-0.15, -0.1) is 0 Å². The topological polar surface area (TPSA) is 32.3 Å². The van der Waals surface area contributed by atoms with Gasteiger partial charge in [0.05, 0.1) is 6.04 Å². The first-order chi connectivity index (χ1) is 8.10. The summed E-state index contributed by atoms with van der Waals surface area (Å²) in [5, 5.41) is 3.54. The normalized spacial score (nSPS) is 26.6. The third kappa shape index (κ3) is 3.98. The molecule has 1 N–H and O–H groups in total. The molecule has 1 amide bonds. The molecule has 3 nitrogen and oxygen atoms in total. The molecule has 0 aromatic rings. The number of likely N-dealkylation sites (N-methyl/N-ethyl adjacent to an activating group) is 1. The summed E-state index contributed by atoms with van der Waals surface area (Å²) in [6.07, 6.45) is 6.43. The van der Waals surface area contributed by atoms with E-state index in [1.54, 1.807) is 4.90 Å². The first-order valence-electron chi connectivity index (χ1n) is 7.11. The van der Waals surface area contributed by atoms with Crippen molar-refractivity contribution in [1.82, 2.24) is 10.2 Å². The Morgan fingerprint density at radius 3 is 2.59 bits per heavy atom. The van der Waals surface area contributed by atoms with E-state index in [-0.39, 0.29) is 11.9 Å². The van der Waals surface area contributed by atoms with Gasteiger partial charge in [-0.1, -0.05) is 26.2 Å². The number of carbonyl (C=O) groups excluding carboxylic acids is 1. The Bertz CT molecular complexity index is 242. The fourth-order valence-corrected chi connectivity index (χ4v) is 2.79. The molecule has 1 aliphatic rings. The molecular weight excluding hydrogens is 212 g/mol. The summed E-state index contributed by atoms with van der Waals surface area (Å²) in [4.78, 5) is 13.8. The first-order valence-corrected chi connectivity index (χ1v) is 7.11. The zero-order valence-electron chi connectivity index (χ0n) is 11.8. The highest BCUT2D eigenvalue weighted by molar-refractivity contribution is 5.81. The Labute approximate surface area is 106 Å². The predicted octanol–water partition coefficient (Wildman–Crippen LogP) is 2.41. The van der Waals surface area contributed by atoms with Crippen molar-refractivity contribution in [2.75, 3.05) is 13.6 Å². The molecular formula is C14H28N2O. The van der Waals surface area contributed by atoms with Crippen LogP contribution in [0.2, 0.25) is 0 Å². The van der Waals surface area contributed by atoms with E-state index in [0.29, 0.717) is 6.04 Å². The van der Waals surface area contributed by atoms with Gasteiger partial charge in [-0.3, -0.25) is 4.79 Å². The summed E-state index contributed by atoms with van der Waals surface area (Å²) in [5.74, 6) is 0.971. The zero-order chi connectivity index (χ0) is 12.8. The SMILES string of the molecule is CCC1CCCCC1NC(C)C(=O)N(C)CC. The molecule has 0 bridgehead atoms. The highest BCUT2D eigenvalue weighted by atomic mass is 16.2. The molecule has 17 heavy (non-hydrogen) atoms. The zero-order valence-corrected chi connectivity index (χ0v) is 11.8. The molecule has 1 aliphatic carbocycles. The Balaban J connectivity index is 2.48. The number of nitrogens with zero attached hydrogens (tertiary/aromatic N) is 1. The molecule has 1 rings (SSSR count). The number of amides is 1. The van der Waals surface area contributed by atoms with E-state index in [1.165, 1.54) is 32.1 Å². The summed E-state index contributed by atoms with van der Waals surface area (Å²) in [6.45, 7) is 7.05. The van der Waals surface area contributed by atoms with Crippen LogP contribution in [-0.2, 0) is 4.79 Å². The number of rotatable bonds is 5. The molecule has 3 atom stereocenters. The van der Waals surface area contributed by atoms with E-state index in [1.807, 2.05) is 20.9 Å². The number of hydrogen-bond donors (Lipinski definition) is 1. The van der Waals surface area contributed by atoms with Crippen molar-refractivity contribution in [3.05, 3.63) is 0 Å². The number of hydrogen-bond acceptors (Lipinski definition) is 2. The van der Waals surface area contributed by atoms with E-state index in [4.69, 9.17) is 0 Å². The van der Waals surface area contributed by atoms with E-state index in [9.17, 15) is 4.79 Å². The number of nitrogens with one attached hydrogen (secondary N) is 1. The molecule has 0 radical (unpaired) electrons. The predicted molar refractivity (Wildman–Crippen MR) is 71.9 cm³/mol. The smallest absolute Gasteiger partial charge is 0.239 e. The van der Waals surface area contributed by atoms with E-state index in [0.717, 1.165) is 12.5 Å².